The van der Waals surface area contributed by atoms with Crippen molar-refractivity contribution in [2.24, 2.45) is 0 Å². The Hall–Kier alpha value is -1.57. The van der Waals surface area contributed by atoms with Crippen molar-refractivity contribution in [3.63, 3.8) is 0 Å². The van der Waals surface area contributed by atoms with Crippen molar-refractivity contribution < 1.29 is 9.13 Å². The molecule has 0 heterocycles. The minimum absolute atomic E-state index is 0.294. The third-order valence-corrected chi connectivity index (χ3v) is 2.65. The molecule has 0 aromatic heterocycles. The maximum absolute atomic E-state index is 12.7. The summed E-state index contributed by atoms with van der Waals surface area (Å²) in [6, 6.07) is 7.95. The van der Waals surface area contributed by atoms with E-state index in [0.717, 1.165) is 5.75 Å². The Labute approximate surface area is 109 Å². The van der Waals surface area contributed by atoms with Crippen molar-refractivity contribution in [1.82, 2.24) is 0 Å². The summed E-state index contributed by atoms with van der Waals surface area (Å²) in [5.74, 6) is 1.26. The van der Waals surface area contributed by atoms with Crippen LogP contribution in [0.3, 0.4) is 0 Å². The average Bonchev–Trinajstić information content (AvgIpc) is 2.39. The number of rotatable bonds is 6. The molecule has 0 bridgehead atoms. The third kappa shape index (κ3) is 4.74. The zero-order valence-corrected chi connectivity index (χ0v) is 11.3. The van der Waals surface area contributed by atoms with Gasteiger partial charge in [-0.2, -0.15) is 0 Å². The van der Waals surface area contributed by atoms with Crippen molar-refractivity contribution in [3.8, 4) is 5.75 Å². The van der Waals surface area contributed by atoms with Gasteiger partial charge in [0.25, 0.3) is 0 Å². The van der Waals surface area contributed by atoms with Gasteiger partial charge in [-0.1, -0.05) is 44.2 Å². The van der Waals surface area contributed by atoms with Crippen LogP contribution in [0.5, 0.6) is 5.75 Å². The molecule has 0 spiro atoms. The highest BCUT2D eigenvalue weighted by atomic mass is 19.1. The normalized spacial score (nSPS) is 12.4. The molecule has 1 aromatic rings. The first-order valence-corrected chi connectivity index (χ1v) is 6.26. The Bertz CT molecular complexity index is 419. The second kappa shape index (κ2) is 7.70. The molecule has 1 aromatic carbocycles. The van der Waals surface area contributed by atoms with Crippen LogP contribution in [0, 0.1) is 0 Å². The highest BCUT2D eigenvalue weighted by Gasteiger charge is 2.02. The number of alkyl halides is 1. The van der Waals surface area contributed by atoms with E-state index >= 15 is 0 Å². The fourth-order valence-corrected chi connectivity index (χ4v) is 1.50. The molecule has 0 atom stereocenters. The molecule has 0 aliphatic carbocycles. The van der Waals surface area contributed by atoms with Crippen LogP contribution < -0.4 is 4.74 Å². The van der Waals surface area contributed by atoms with Gasteiger partial charge >= 0.3 is 0 Å². The molecule has 0 fully saturated rings. The van der Waals surface area contributed by atoms with Crippen LogP contribution in [0.15, 0.2) is 48.1 Å². The lowest BCUT2D eigenvalue weighted by atomic mass is 10.0. The lowest BCUT2D eigenvalue weighted by Crippen LogP contribution is -2.03. The summed E-state index contributed by atoms with van der Waals surface area (Å²) >= 11 is 0. The van der Waals surface area contributed by atoms with Gasteiger partial charge in [0.15, 0.2) is 0 Å². The summed E-state index contributed by atoms with van der Waals surface area (Å²) in [5.41, 5.74) is 1.87. The van der Waals surface area contributed by atoms with Crippen molar-refractivity contribution in [1.29, 1.82) is 0 Å². The van der Waals surface area contributed by atoms with Crippen LogP contribution in [0.1, 0.15) is 32.3 Å². The lowest BCUT2D eigenvalue weighted by molar-refractivity contribution is 0.337. The van der Waals surface area contributed by atoms with Crippen LogP contribution in [-0.4, -0.2) is 13.3 Å². The van der Waals surface area contributed by atoms with E-state index in [0.29, 0.717) is 18.1 Å². The quantitative estimate of drug-likeness (QED) is 0.665. The number of hydrogen-bond acceptors (Lipinski definition) is 1. The average molecular weight is 248 g/mol. The van der Waals surface area contributed by atoms with Gasteiger partial charge in [0.1, 0.15) is 19.0 Å². The molecule has 0 N–H and O–H groups in total. The first-order valence-electron chi connectivity index (χ1n) is 6.26. The highest BCUT2D eigenvalue weighted by Crippen LogP contribution is 2.20. The molecule has 1 nitrogen and oxygen atoms in total. The Balaban J connectivity index is 2.65. The van der Waals surface area contributed by atoms with Crippen LogP contribution >= 0.6 is 0 Å². The summed E-state index contributed by atoms with van der Waals surface area (Å²) in [6.07, 6.45) is 5.45. The lowest BCUT2D eigenvalue weighted by Gasteiger charge is -2.10. The largest absolute Gasteiger partial charge is 0.489 e. The van der Waals surface area contributed by atoms with Crippen LogP contribution in [0.2, 0.25) is 0 Å². The fourth-order valence-electron chi connectivity index (χ4n) is 1.50. The maximum atomic E-state index is 12.7. The number of benzene rings is 1. The van der Waals surface area contributed by atoms with Gasteiger partial charge in [-0.15, -0.1) is 0 Å². The van der Waals surface area contributed by atoms with E-state index in [9.17, 15) is 4.39 Å². The molecule has 0 saturated carbocycles. The number of hydrogen-bond donors (Lipinski definition) is 0. The Kier molecular flexibility index (Phi) is 6.20. The van der Waals surface area contributed by atoms with E-state index in [2.05, 4.69) is 19.9 Å². The van der Waals surface area contributed by atoms with E-state index in [1.165, 1.54) is 5.56 Å². The second-order valence-electron chi connectivity index (χ2n) is 4.50. The minimum Gasteiger partial charge on any atom is -0.489 e. The molecule has 0 aliphatic heterocycles. The SMILES string of the molecule is C/C=C\C=C(\CF)COc1cccc(C(C)C)c1. The molecule has 98 valence electrons. The van der Waals surface area contributed by atoms with Gasteiger partial charge < -0.3 is 4.74 Å². The summed E-state index contributed by atoms with van der Waals surface area (Å²) < 4.78 is 18.3. The molecule has 18 heavy (non-hydrogen) atoms. The van der Waals surface area contributed by atoms with Crippen molar-refractivity contribution in [2.75, 3.05) is 13.3 Å². The summed E-state index contributed by atoms with van der Waals surface area (Å²) in [4.78, 5) is 0. The molecule has 2 heteroatoms. The Morgan fingerprint density at radius 3 is 2.78 bits per heavy atom. The molecule has 0 saturated heterocycles. The van der Waals surface area contributed by atoms with E-state index in [-0.39, 0.29) is 0 Å². The van der Waals surface area contributed by atoms with Crippen molar-refractivity contribution >= 4 is 0 Å². The smallest absolute Gasteiger partial charge is 0.120 e. The predicted molar refractivity (Wildman–Crippen MR) is 74.9 cm³/mol. The number of halogens is 1. The Morgan fingerprint density at radius 2 is 2.17 bits per heavy atom. The molecular weight excluding hydrogens is 227 g/mol. The third-order valence-electron chi connectivity index (χ3n) is 2.65. The molecular formula is C16H21FO. The molecule has 0 radical (unpaired) electrons. The number of allylic oxidation sites excluding steroid dienone is 3. The van der Waals surface area contributed by atoms with Crippen molar-refractivity contribution in [3.05, 3.63) is 53.6 Å². The Morgan fingerprint density at radius 1 is 1.39 bits per heavy atom. The minimum atomic E-state index is -0.478. The summed E-state index contributed by atoms with van der Waals surface area (Å²) in [5, 5.41) is 0. The van der Waals surface area contributed by atoms with Crippen LogP contribution in [0.4, 0.5) is 4.39 Å². The van der Waals surface area contributed by atoms with Crippen LogP contribution in [-0.2, 0) is 0 Å². The van der Waals surface area contributed by atoms with E-state index in [4.69, 9.17) is 4.74 Å². The van der Waals surface area contributed by atoms with Crippen LogP contribution in [0.25, 0.3) is 0 Å². The van der Waals surface area contributed by atoms with Gasteiger partial charge in [-0.3, -0.25) is 0 Å². The zero-order valence-electron chi connectivity index (χ0n) is 11.3. The number of ether oxygens (including phenoxy) is 1. The summed E-state index contributed by atoms with van der Waals surface area (Å²) in [7, 11) is 0. The molecule has 0 aliphatic rings. The monoisotopic (exact) mass is 248 g/mol. The van der Waals surface area contributed by atoms with E-state index in [1.54, 1.807) is 6.08 Å². The standard InChI is InChI=1S/C16H21FO/c1-4-5-7-14(11-17)12-18-16-9-6-8-15(10-16)13(2)3/h4-10,13H,11-12H2,1-3H3/b5-4-,14-7-. The zero-order chi connectivity index (χ0) is 13.4. The molecule has 1 rings (SSSR count). The van der Waals surface area contributed by atoms with Gasteiger partial charge in [0, 0.05) is 0 Å². The first kappa shape index (κ1) is 14.5. The maximum Gasteiger partial charge on any atom is 0.120 e. The van der Waals surface area contributed by atoms with E-state index < -0.39 is 6.67 Å². The van der Waals surface area contributed by atoms with E-state index in [1.807, 2.05) is 37.3 Å². The van der Waals surface area contributed by atoms with Crippen molar-refractivity contribution in [2.45, 2.75) is 26.7 Å². The predicted octanol–water partition coefficient (Wildman–Crippen LogP) is 4.66. The van der Waals surface area contributed by atoms with Gasteiger partial charge in [-0.25, -0.2) is 4.39 Å². The summed E-state index contributed by atoms with van der Waals surface area (Å²) in [6.45, 7) is 5.99. The van der Waals surface area contributed by atoms with Gasteiger partial charge in [-0.05, 0) is 36.1 Å². The molecule has 0 unspecified atom stereocenters. The van der Waals surface area contributed by atoms with Gasteiger partial charge in [0.05, 0.1) is 0 Å². The molecule has 0 amide bonds. The fraction of sp³-hybridized carbons (Fsp3) is 0.375. The highest BCUT2D eigenvalue weighted by molar-refractivity contribution is 5.30. The van der Waals surface area contributed by atoms with Gasteiger partial charge in [0.2, 0.25) is 0 Å². The first-order chi connectivity index (χ1) is 8.67. The second-order valence-corrected chi connectivity index (χ2v) is 4.50. The topological polar surface area (TPSA) is 9.23 Å².